The largest absolute Gasteiger partial charge is 0.465 e. The molecule has 2 aromatic carbocycles. The summed E-state index contributed by atoms with van der Waals surface area (Å²) in [6, 6.07) is 13.5. The number of hydrogen-bond acceptors (Lipinski definition) is 3. The highest BCUT2D eigenvalue weighted by Crippen LogP contribution is 2.18. The molecule has 0 radical (unpaired) electrons. The van der Waals surface area contributed by atoms with Crippen LogP contribution in [0.1, 0.15) is 21.5 Å². The monoisotopic (exact) mass is 333 g/mol. The Labute approximate surface area is 127 Å². The molecule has 104 valence electrons. The Morgan fingerprint density at radius 2 is 1.90 bits per heavy atom. The maximum Gasteiger partial charge on any atom is 0.337 e. The van der Waals surface area contributed by atoms with Crippen molar-refractivity contribution in [1.82, 2.24) is 0 Å². The second kappa shape index (κ2) is 6.57. The van der Waals surface area contributed by atoms with Crippen molar-refractivity contribution < 1.29 is 9.53 Å². The highest BCUT2D eigenvalue weighted by Gasteiger charge is 2.04. The lowest BCUT2D eigenvalue weighted by molar-refractivity contribution is 0.0601. The van der Waals surface area contributed by atoms with E-state index in [9.17, 15) is 4.79 Å². The van der Waals surface area contributed by atoms with Crippen LogP contribution in [0.3, 0.4) is 0 Å². The third-order valence-electron chi connectivity index (χ3n) is 3.02. The van der Waals surface area contributed by atoms with Crippen LogP contribution in [-0.4, -0.2) is 13.1 Å². The number of methoxy groups -OCH3 is 1. The average Bonchev–Trinajstić information content (AvgIpc) is 2.48. The van der Waals surface area contributed by atoms with Crippen LogP contribution >= 0.6 is 15.9 Å². The van der Waals surface area contributed by atoms with Crippen molar-refractivity contribution in [1.29, 1.82) is 0 Å². The normalized spacial score (nSPS) is 10.2. The maximum absolute atomic E-state index is 11.3. The van der Waals surface area contributed by atoms with Crippen molar-refractivity contribution in [3.63, 3.8) is 0 Å². The lowest BCUT2D eigenvalue weighted by Gasteiger charge is -2.08. The number of hydrogen-bond donors (Lipinski definition) is 1. The molecule has 0 bridgehead atoms. The van der Waals surface area contributed by atoms with E-state index in [1.807, 2.05) is 18.2 Å². The molecular formula is C16H16BrNO2. The maximum atomic E-state index is 11.3. The quantitative estimate of drug-likeness (QED) is 0.854. The molecule has 2 rings (SSSR count). The van der Waals surface area contributed by atoms with Crippen LogP contribution in [0.15, 0.2) is 46.9 Å². The number of benzene rings is 2. The standard InChI is InChI=1S/C16H16BrNO2/c1-11-9-12(3-8-15(11)17)10-18-14-6-4-13(5-7-14)16(19)20-2/h3-9,18H,10H2,1-2H3. The van der Waals surface area contributed by atoms with Crippen LogP contribution < -0.4 is 5.32 Å². The third-order valence-corrected chi connectivity index (χ3v) is 3.91. The van der Waals surface area contributed by atoms with Crippen molar-refractivity contribution >= 4 is 27.6 Å². The first kappa shape index (κ1) is 14.6. The molecule has 0 aromatic heterocycles. The molecule has 0 amide bonds. The fourth-order valence-corrected chi connectivity index (χ4v) is 2.11. The SMILES string of the molecule is COC(=O)c1ccc(NCc2ccc(Br)c(C)c2)cc1. The summed E-state index contributed by atoms with van der Waals surface area (Å²) in [5.41, 5.74) is 3.95. The van der Waals surface area contributed by atoms with Crippen LogP contribution in [0, 0.1) is 6.92 Å². The van der Waals surface area contributed by atoms with Gasteiger partial charge in [0.2, 0.25) is 0 Å². The number of nitrogens with one attached hydrogen (secondary N) is 1. The van der Waals surface area contributed by atoms with Gasteiger partial charge in [-0.3, -0.25) is 0 Å². The van der Waals surface area contributed by atoms with Gasteiger partial charge in [0.25, 0.3) is 0 Å². The summed E-state index contributed by atoms with van der Waals surface area (Å²) in [5.74, 6) is -0.319. The fourth-order valence-electron chi connectivity index (χ4n) is 1.86. The summed E-state index contributed by atoms with van der Waals surface area (Å²) in [6.07, 6.45) is 0. The van der Waals surface area contributed by atoms with E-state index in [1.54, 1.807) is 12.1 Å². The zero-order valence-electron chi connectivity index (χ0n) is 11.4. The van der Waals surface area contributed by atoms with Gasteiger partial charge in [0.05, 0.1) is 12.7 Å². The summed E-state index contributed by atoms with van der Waals surface area (Å²) in [6.45, 7) is 2.81. The summed E-state index contributed by atoms with van der Waals surface area (Å²) >= 11 is 3.49. The smallest absolute Gasteiger partial charge is 0.337 e. The molecule has 0 unspecified atom stereocenters. The highest BCUT2D eigenvalue weighted by atomic mass is 79.9. The minimum atomic E-state index is -0.319. The van der Waals surface area contributed by atoms with Gasteiger partial charge in [-0.15, -0.1) is 0 Å². The third kappa shape index (κ3) is 3.61. The van der Waals surface area contributed by atoms with Crippen LogP contribution in [-0.2, 0) is 11.3 Å². The summed E-state index contributed by atoms with van der Waals surface area (Å²) in [7, 11) is 1.38. The molecule has 20 heavy (non-hydrogen) atoms. The molecule has 0 aliphatic heterocycles. The van der Waals surface area contributed by atoms with E-state index in [0.717, 1.165) is 16.7 Å². The first-order valence-corrected chi connectivity index (χ1v) is 7.06. The predicted molar refractivity (Wildman–Crippen MR) is 84.0 cm³/mol. The number of aryl methyl sites for hydroxylation is 1. The van der Waals surface area contributed by atoms with Gasteiger partial charge >= 0.3 is 5.97 Å². The molecule has 3 nitrogen and oxygen atoms in total. The molecule has 0 aliphatic rings. The van der Waals surface area contributed by atoms with Crippen molar-refractivity contribution in [3.8, 4) is 0 Å². The predicted octanol–water partition coefficient (Wildman–Crippen LogP) is 4.16. The lowest BCUT2D eigenvalue weighted by atomic mass is 10.1. The minimum Gasteiger partial charge on any atom is -0.465 e. The van der Waals surface area contributed by atoms with Gasteiger partial charge in [0.15, 0.2) is 0 Å². The Bertz CT molecular complexity index is 608. The molecular weight excluding hydrogens is 318 g/mol. The Hall–Kier alpha value is -1.81. The molecule has 0 fully saturated rings. The number of anilines is 1. The molecule has 0 spiro atoms. The zero-order valence-corrected chi connectivity index (χ0v) is 13.0. The van der Waals surface area contributed by atoms with Gasteiger partial charge in [-0.25, -0.2) is 4.79 Å². The van der Waals surface area contributed by atoms with E-state index < -0.39 is 0 Å². The van der Waals surface area contributed by atoms with E-state index in [2.05, 4.69) is 45.0 Å². The van der Waals surface area contributed by atoms with Gasteiger partial charge in [-0.1, -0.05) is 28.1 Å². The molecule has 0 heterocycles. The Morgan fingerprint density at radius 1 is 1.20 bits per heavy atom. The van der Waals surface area contributed by atoms with Crippen molar-refractivity contribution in [2.24, 2.45) is 0 Å². The van der Waals surface area contributed by atoms with Gasteiger partial charge in [0.1, 0.15) is 0 Å². The van der Waals surface area contributed by atoms with E-state index in [-0.39, 0.29) is 5.97 Å². The molecule has 0 saturated heterocycles. The Morgan fingerprint density at radius 3 is 2.50 bits per heavy atom. The number of rotatable bonds is 4. The van der Waals surface area contributed by atoms with E-state index in [1.165, 1.54) is 18.2 Å². The average molecular weight is 334 g/mol. The van der Waals surface area contributed by atoms with E-state index >= 15 is 0 Å². The van der Waals surface area contributed by atoms with Gasteiger partial charge in [-0.05, 0) is 48.4 Å². The second-order valence-corrected chi connectivity index (χ2v) is 5.36. The zero-order chi connectivity index (χ0) is 14.5. The van der Waals surface area contributed by atoms with Crippen LogP contribution in [0.25, 0.3) is 0 Å². The Balaban J connectivity index is 2.00. The molecule has 2 aromatic rings. The number of halogens is 1. The number of esters is 1. The van der Waals surface area contributed by atoms with Crippen molar-refractivity contribution in [3.05, 3.63) is 63.6 Å². The first-order chi connectivity index (χ1) is 9.60. The summed E-state index contributed by atoms with van der Waals surface area (Å²) in [5, 5.41) is 3.32. The molecule has 1 N–H and O–H groups in total. The van der Waals surface area contributed by atoms with Crippen LogP contribution in [0.4, 0.5) is 5.69 Å². The molecule has 0 saturated carbocycles. The topological polar surface area (TPSA) is 38.3 Å². The Kier molecular flexibility index (Phi) is 4.79. The number of carbonyl (C=O) groups excluding carboxylic acids is 1. The number of ether oxygens (including phenoxy) is 1. The molecule has 0 aliphatic carbocycles. The highest BCUT2D eigenvalue weighted by molar-refractivity contribution is 9.10. The van der Waals surface area contributed by atoms with E-state index in [4.69, 9.17) is 0 Å². The van der Waals surface area contributed by atoms with Gasteiger partial charge < -0.3 is 10.1 Å². The lowest BCUT2D eigenvalue weighted by Crippen LogP contribution is -2.02. The molecule has 0 atom stereocenters. The number of carbonyl (C=O) groups is 1. The van der Waals surface area contributed by atoms with Gasteiger partial charge in [0, 0.05) is 16.7 Å². The van der Waals surface area contributed by atoms with Crippen molar-refractivity contribution in [2.45, 2.75) is 13.5 Å². The minimum absolute atomic E-state index is 0.319. The first-order valence-electron chi connectivity index (χ1n) is 6.27. The van der Waals surface area contributed by atoms with Crippen LogP contribution in [0.5, 0.6) is 0 Å². The van der Waals surface area contributed by atoms with Crippen LogP contribution in [0.2, 0.25) is 0 Å². The summed E-state index contributed by atoms with van der Waals surface area (Å²) < 4.78 is 5.78. The second-order valence-electron chi connectivity index (χ2n) is 4.51. The summed E-state index contributed by atoms with van der Waals surface area (Å²) in [4.78, 5) is 11.3. The molecule has 4 heteroatoms. The van der Waals surface area contributed by atoms with Crippen molar-refractivity contribution in [2.75, 3.05) is 12.4 Å². The van der Waals surface area contributed by atoms with E-state index in [0.29, 0.717) is 5.56 Å². The van der Waals surface area contributed by atoms with Gasteiger partial charge in [-0.2, -0.15) is 0 Å². The fraction of sp³-hybridized carbons (Fsp3) is 0.188.